The Morgan fingerprint density at radius 1 is 1.12 bits per heavy atom. The molecule has 0 amide bonds. The number of aryl methyl sites for hydroxylation is 1. The van der Waals surface area contributed by atoms with E-state index in [4.69, 9.17) is 5.73 Å². The van der Waals surface area contributed by atoms with Crippen LogP contribution in [-0.4, -0.2) is 6.18 Å². The summed E-state index contributed by atoms with van der Waals surface area (Å²) in [5.41, 5.74) is 4.44. The van der Waals surface area contributed by atoms with Crippen molar-refractivity contribution in [1.82, 2.24) is 0 Å². The summed E-state index contributed by atoms with van der Waals surface area (Å²) >= 11 is 0. The number of hydrogen-bond donors (Lipinski definition) is 1. The third-order valence-electron chi connectivity index (χ3n) is 3.27. The van der Waals surface area contributed by atoms with Crippen molar-refractivity contribution in [3.63, 3.8) is 0 Å². The van der Waals surface area contributed by atoms with Gasteiger partial charge in [-0.3, -0.25) is 0 Å². The first-order valence-corrected chi connectivity index (χ1v) is 5.39. The van der Waals surface area contributed by atoms with E-state index in [0.717, 1.165) is 12.0 Å². The number of halogens is 3. The molecule has 88 valence electrons. The maximum Gasteiger partial charge on any atom is 0.410 e. The van der Waals surface area contributed by atoms with E-state index in [1.165, 1.54) is 6.07 Å². The quantitative estimate of drug-likeness (QED) is 0.679. The molecule has 1 aliphatic carbocycles. The second-order valence-electron chi connectivity index (χ2n) is 4.33. The molecule has 0 aromatic heterocycles. The lowest BCUT2D eigenvalue weighted by molar-refractivity contribution is -0.191. The number of rotatable bonds is 0. The smallest absolute Gasteiger partial charge is 0.314 e. The van der Waals surface area contributed by atoms with Crippen LogP contribution in [0.1, 0.15) is 30.4 Å². The van der Waals surface area contributed by atoms with Crippen molar-refractivity contribution in [1.29, 1.82) is 0 Å². The van der Waals surface area contributed by atoms with Crippen molar-refractivity contribution in [3.05, 3.63) is 35.4 Å². The van der Waals surface area contributed by atoms with Crippen molar-refractivity contribution in [2.45, 2.75) is 37.4 Å². The van der Waals surface area contributed by atoms with E-state index in [2.05, 4.69) is 0 Å². The Balaban J connectivity index is 2.55. The van der Waals surface area contributed by atoms with Crippen molar-refractivity contribution in [2.24, 2.45) is 5.73 Å². The third kappa shape index (κ3) is 1.71. The minimum Gasteiger partial charge on any atom is -0.314 e. The summed E-state index contributed by atoms with van der Waals surface area (Å²) in [6, 6.07) is 6.64. The Morgan fingerprint density at radius 2 is 1.81 bits per heavy atom. The van der Waals surface area contributed by atoms with Crippen molar-refractivity contribution in [2.75, 3.05) is 0 Å². The Kier molecular flexibility index (Phi) is 2.70. The summed E-state index contributed by atoms with van der Waals surface area (Å²) in [5.74, 6) is 0. The zero-order valence-corrected chi connectivity index (χ0v) is 8.85. The fourth-order valence-electron chi connectivity index (χ4n) is 2.32. The van der Waals surface area contributed by atoms with Gasteiger partial charge >= 0.3 is 6.18 Å². The van der Waals surface area contributed by atoms with Gasteiger partial charge in [0.05, 0.1) is 0 Å². The molecule has 1 aromatic rings. The molecule has 0 spiro atoms. The van der Waals surface area contributed by atoms with Crippen LogP contribution in [0.3, 0.4) is 0 Å². The summed E-state index contributed by atoms with van der Waals surface area (Å²) in [4.78, 5) is 0. The molecule has 1 atom stereocenters. The highest BCUT2D eigenvalue weighted by atomic mass is 19.4. The third-order valence-corrected chi connectivity index (χ3v) is 3.27. The molecule has 4 heteroatoms. The molecule has 0 saturated heterocycles. The highest BCUT2D eigenvalue weighted by Gasteiger charge is 2.53. The maximum absolute atomic E-state index is 13.1. The molecular weight excluding hydrogens is 215 g/mol. The van der Waals surface area contributed by atoms with Crippen LogP contribution < -0.4 is 5.73 Å². The lowest BCUT2D eigenvalue weighted by atomic mass is 9.85. The van der Waals surface area contributed by atoms with E-state index >= 15 is 0 Å². The average Bonchev–Trinajstić information content (AvgIpc) is 2.39. The first-order valence-electron chi connectivity index (χ1n) is 5.39. The zero-order valence-electron chi connectivity index (χ0n) is 8.85. The van der Waals surface area contributed by atoms with E-state index < -0.39 is 11.7 Å². The van der Waals surface area contributed by atoms with Crippen LogP contribution in [0.15, 0.2) is 24.3 Å². The monoisotopic (exact) mass is 229 g/mol. The second-order valence-corrected chi connectivity index (χ2v) is 4.33. The highest BCUT2D eigenvalue weighted by molar-refractivity contribution is 5.36. The standard InChI is InChI=1S/C12H14F3N/c13-12(14,15)11(16)8-4-3-6-9-5-1-2-7-10(9)11/h1-2,5,7H,3-4,6,8,16H2. The number of alkyl halides is 3. The van der Waals surface area contributed by atoms with Gasteiger partial charge in [-0.25, -0.2) is 0 Å². The van der Waals surface area contributed by atoms with Gasteiger partial charge < -0.3 is 5.73 Å². The second kappa shape index (κ2) is 3.77. The normalized spacial score (nSPS) is 26.0. The van der Waals surface area contributed by atoms with Gasteiger partial charge in [0.15, 0.2) is 0 Å². The largest absolute Gasteiger partial charge is 0.410 e. The molecule has 1 aromatic carbocycles. The summed E-state index contributed by atoms with van der Waals surface area (Å²) in [5, 5.41) is 0. The molecule has 1 aliphatic rings. The first-order chi connectivity index (χ1) is 7.45. The summed E-state index contributed by atoms with van der Waals surface area (Å²) in [6.07, 6.45) is -2.43. The van der Waals surface area contributed by atoms with Gasteiger partial charge in [0.25, 0.3) is 0 Å². The SMILES string of the molecule is NC1(C(F)(F)F)CCCCc2ccccc21. The Morgan fingerprint density at radius 3 is 2.50 bits per heavy atom. The van der Waals surface area contributed by atoms with E-state index in [-0.39, 0.29) is 12.0 Å². The highest BCUT2D eigenvalue weighted by Crippen LogP contribution is 2.43. The van der Waals surface area contributed by atoms with Gasteiger partial charge in [0.1, 0.15) is 5.54 Å². The molecule has 2 N–H and O–H groups in total. The fourth-order valence-corrected chi connectivity index (χ4v) is 2.32. The van der Waals surface area contributed by atoms with Crippen molar-refractivity contribution < 1.29 is 13.2 Å². The molecule has 0 saturated carbocycles. The zero-order chi connectivity index (χ0) is 11.8. The van der Waals surface area contributed by atoms with Crippen molar-refractivity contribution >= 4 is 0 Å². The van der Waals surface area contributed by atoms with Gasteiger partial charge in [0, 0.05) is 0 Å². The number of hydrogen-bond acceptors (Lipinski definition) is 1. The van der Waals surface area contributed by atoms with E-state index in [1.54, 1.807) is 18.2 Å². The van der Waals surface area contributed by atoms with Crippen LogP contribution in [0.25, 0.3) is 0 Å². The lowest BCUT2D eigenvalue weighted by Gasteiger charge is -2.32. The summed E-state index contributed by atoms with van der Waals surface area (Å²) < 4.78 is 39.2. The van der Waals surface area contributed by atoms with Gasteiger partial charge in [-0.1, -0.05) is 30.7 Å². The van der Waals surface area contributed by atoms with Gasteiger partial charge in [-0.2, -0.15) is 13.2 Å². The predicted octanol–water partition coefficient (Wildman–Crippen LogP) is 3.13. The van der Waals surface area contributed by atoms with Crippen LogP contribution in [0.2, 0.25) is 0 Å². The molecule has 0 aliphatic heterocycles. The minimum absolute atomic E-state index is 0.0203. The summed E-state index contributed by atoms with van der Waals surface area (Å²) in [6.45, 7) is 0. The molecule has 16 heavy (non-hydrogen) atoms. The lowest BCUT2D eigenvalue weighted by Crippen LogP contribution is -2.50. The van der Waals surface area contributed by atoms with E-state index in [0.29, 0.717) is 12.8 Å². The fraction of sp³-hybridized carbons (Fsp3) is 0.500. The van der Waals surface area contributed by atoms with Gasteiger partial charge in [-0.05, 0) is 30.4 Å². The number of benzene rings is 1. The van der Waals surface area contributed by atoms with Crippen LogP contribution in [0.4, 0.5) is 13.2 Å². The van der Waals surface area contributed by atoms with E-state index in [1.807, 2.05) is 0 Å². The van der Waals surface area contributed by atoms with E-state index in [9.17, 15) is 13.2 Å². The Labute approximate surface area is 92.5 Å². The average molecular weight is 229 g/mol. The predicted molar refractivity (Wildman–Crippen MR) is 55.9 cm³/mol. The minimum atomic E-state index is -4.38. The molecule has 0 heterocycles. The molecule has 1 unspecified atom stereocenters. The first kappa shape index (κ1) is 11.5. The molecular formula is C12H14F3N. The molecule has 0 fully saturated rings. The van der Waals surface area contributed by atoms with Crippen LogP contribution in [-0.2, 0) is 12.0 Å². The molecule has 1 nitrogen and oxygen atoms in total. The van der Waals surface area contributed by atoms with Crippen LogP contribution in [0, 0.1) is 0 Å². The Hall–Kier alpha value is -1.03. The topological polar surface area (TPSA) is 26.0 Å². The van der Waals surface area contributed by atoms with Crippen LogP contribution in [0.5, 0.6) is 0 Å². The summed E-state index contributed by atoms with van der Waals surface area (Å²) in [7, 11) is 0. The maximum atomic E-state index is 13.1. The molecule has 2 rings (SSSR count). The Bertz CT molecular complexity index is 386. The molecule has 0 radical (unpaired) electrons. The molecule has 0 bridgehead atoms. The van der Waals surface area contributed by atoms with Crippen molar-refractivity contribution in [3.8, 4) is 0 Å². The van der Waals surface area contributed by atoms with Crippen LogP contribution >= 0.6 is 0 Å². The van der Waals surface area contributed by atoms with Gasteiger partial charge in [-0.15, -0.1) is 0 Å². The van der Waals surface area contributed by atoms with Gasteiger partial charge in [0.2, 0.25) is 0 Å². The number of nitrogens with two attached hydrogens (primary N) is 1. The number of fused-ring (bicyclic) bond motifs is 1.